The molecule has 0 spiro atoms. The van der Waals surface area contributed by atoms with Gasteiger partial charge in [-0.3, -0.25) is 0 Å². The SMILES string of the molecule is CCCCOc1ccc(C2(c3ccccc3F)CCCCC2O)cc1. The molecule has 1 aliphatic rings. The van der Waals surface area contributed by atoms with Crippen molar-refractivity contribution >= 4 is 0 Å². The molecule has 0 bridgehead atoms. The molecule has 3 rings (SSSR count). The van der Waals surface area contributed by atoms with Crippen molar-refractivity contribution in [2.45, 2.75) is 57.0 Å². The summed E-state index contributed by atoms with van der Waals surface area (Å²) < 4.78 is 20.4. The van der Waals surface area contributed by atoms with E-state index in [0.29, 0.717) is 18.6 Å². The third-order valence-corrected chi connectivity index (χ3v) is 5.36. The maximum atomic E-state index is 14.6. The molecule has 2 unspecified atom stereocenters. The summed E-state index contributed by atoms with van der Waals surface area (Å²) >= 11 is 0. The van der Waals surface area contributed by atoms with E-state index in [9.17, 15) is 9.50 Å². The normalized spacial score (nSPS) is 23.4. The van der Waals surface area contributed by atoms with Gasteiger partial charge in [-0.05, 0) is 43.0 Å². The van der Waals surface area contributed by atoms with Crippen LogP contribution in [0, 0.1) is 5.82 Å². The van der Waals surface area contributed by atoms with Crippen LogP contribution < -0.4 is 4.74 Å². The number of unbranched alkanes of at least 4 members (excludes halogenated alkanes) is 1. The Morgan fingerprint density at radius 2 is 1.88 bits per heavy atom. The molecule has 2 aromatic carbocycles. The zero-order valence-electron chi connectivity index (χ0n) is 14.9. The smallest absolute Gasteiger partial charge is 0.127 e. The van der Waals surface area contributed by atoms with Crippen LogP contribution in [0.5, 0.6) is 5.75 Å². The van der Waals surface area contributed by atoms with E-state index < -0.39 is 11.5 Å². The van der Waals surface area contributed by atoms with Gasteiger partial charge >= 0.3 is 0 Å². The van der Waals surface area contributed by atoms with Gasteiger partial charge in [0.2, 0.25) is 0 Å². The number of halogens is 1. The number of aliphatic hydroxyl groups is 1. The van der Waals surface area contributed by atoms with Crippen molar-refractivity contribution in [2.75, 3.05) is 6.61 Å². The van der Waals surface area contributed by atoms with Gasteiger partial charge in [-0.2, -0.15) is 0 Å². The van der Waals surface area contributed by atoms with Gasteiger partial charge in [-0.1, -0.05) is 56.5 Å². The molecule has 3 heteroatoms. The van der Waals surface area contributed by atoms with Gasteiger partial charge in [-0.25, -0.2) is 4.39 Å². The highest BCUT2D eigenvalue weighted by Gasteiger charge is 2.44. The van der Waals surface area contributed by atoms with Crippen molar-refractivity contribution < 1.29 is 14.2 Å². The third kappa shape index (κ3) is 3.57. The maximum Gasteiger partial charge on any atom is 0.127 e. The Labute approximate surface area is 149 Å². The summed E-state index contributed by atoms with van der Waals surface area (Å²) in [4.78, 5) is 0. The van der Waals surface area contributed by atoms with E-state index in [-0.39, 0.29) is 5.82 Å². The largest absolute Gasteiger partial charge is 0.494 e. The van der Waals surface area contributed by atoms with Gasteiger partial charge in [0.05, 0.1) is 12.7 Å². The van der Waals surface area contributed by atoms with E-state index >= 15 is 0 Å². The molecule has 0 amide bonds. The van der Waals surface area contributed by atoms with E-state index in [2.05, 4.69) is 6.92 Å². The Hall–Kier alpha value is -1.87. The molecular formula is C22H27FO2. The quantitative estimate of drug-likeness (QED) is 0.729. The van der Waals surface area contributed by atoms with Crippen LogP contribution in [0.4, 0.5) is 4.39 Å². The first kappa shape index (κ1) is 17.9. The highest BCUT2D eigenvalue weighted by Crippen LogP contribution is 2.46. The average Bonchev–Trinajstić information content (AvgIpc) is 2.64. The molecule has 1 aliphatic carbocycles. The van der Waals surface area contributed by atoms with Crippen LogP contribution in [0.2, 0.25) is 0 Å². The van der Waals surface area contributed by atoms with Crippen LogP contribution in [-0.2, 0) is 5.41 Å². The molecule has 1 saturated carbocycles. The number of ether oxygens (including phenoxy) is 1. The van der Waals surface area contributed by atoms with Gasteiger partial charge in [0.15, 0.2) is 0 Å². The summed E-state index contributed by atoms with van der Waals surface area (Å²) in [7, 11) is 0. The van der Waals surface area contributed by atoms with Crippen molar-refractivity contribution in [1.82, 2.24) is 0 Å². The second-order valence-corrected chi connectivity index (χ2v) is 6.94. The third-order valence-electron chi connectivity index (χ3n) is 5.36. The van der Waals surface area contributed by atoms with E-state index in [1.165, 1.54) is 6.07 Å². The first-order valence-corrected chi connectivity index (χ1v) is 9.35. The Balaban J connectivity index is 1.97. The lowest BCUT2D eigenvalue weighted by Crippen LogP contribution is -2.44. The molecule has 0 radical (unpaired) electrons. The lowest BCUT2D eigenvalue weighted by molar-refractivity contribution is 0.0619. The predicted octanol–water partition coefficient (Wildman–Crippen LogP) is 5.23. The molecule has 25 heavy (non-hydrogen) atoms. The van der Waals surface area contributed by atoms with Crippen molar-refractivity contribution in [3.05, 3.63) is 65.5 Å². The standard InChI is InChI=1S/C22H27FO2/c1-2-3-16-25-18-13-11-17(12-14-18)22(15-7-6-10-21(22)24)19-8-4-5-9-20(19)23/h4-5,8-9,11-14,21,24H,2-3,6-7,10,15-16H2,1H3. The maximum absolute atomic E-state index is 14.6. The summed E-state index contributed by atoms with van der Waals surface area (Å²) in [6, 6.07) is 14.7. The van der Waals surface area contributed by atoms with Crippen molar-refractivity contribution in [1.29, 1.82) is 0 Å². The van der Waals surface area contributed by atoms with E-state index in [1.807, 2.05) is 36.4 Å². The van der Waals surface area contributed by atoms with Gasteiger partial charge in [0.25, 0.3) is 0 Å². The minimum Gasteiger partial charge on any atom is -0.494 e. The first-order valence-electron chi connectivity index (χ1n) is 9.35. The fourth-order valence-electron chi connectivity index (χ4n) is 3.97. The van der Waals surface area contributed by atoms with Crippen molar-refractivity contribution in [2.24, 2.45) is 0 Å². The summed E-state index contributed by atoms with van der Waals surface area (Å²) in [5.74, 6) is 0.581. The summed E-state index contributed by atoms with van der Waals surface area (Å²) in [5.41, 5.74) is 0.889. The van der Waals surface area contributed by atoms with Crippen LogP contribution in [0.15, 0.2) is 48.5 Å². The second kappa shape index (κ2) is 8.01. The van der Waals surface area contributed by atoms with Crippen LogP contribution in [-0.4, -0.2) is 17.8 Å². The second-order valence-electron chi connectivity index (χ2n) is 6.94. The lowest BCUT2D eigenvalue weighted by Gasteiger charge is -2.42. The molecule has 2 aromatic rings. The number of hydrogen-bond donors (Lipinski definition) is 1. The minimum atomic E-state index is -0.675. The van der Waals surface area contributed by atoms with Crippen LogP contribution in [0.25, 0.3) is 0 Å². The number of aliphatic hydroxyl groups excluding tert-OH is 1. The molecule has 2 nitrogen and oxygen atoms in total. The molecule has 0 aliphatic heterocycles. The highest BCUT2D eigenvalue weighted by molar-refractivity contribution is 5.44. The monoisotopic (exact) mass is 342 g/mol. The van der Waals surface area contributed by atoms with Crippen LogP contribution in [0.3, 0.4) is 0 Å². The first-order chi connectivity index (χ1) is 12.2. The van der Waals surface area contributed by atoms with Crippen molar-refractivity contribution in [3.8, 4) is 5.75 Å². The van der Waals surface area contributed by atoms with Crippen LogP contribution in [0.1, 0.15) is 56.6 Å². The van der Waals surface area contributed by atoms with Gasteiger partial charge in [0, 0.05) is 11.0 Å². The summed E-state index contributed by atoms with van der Waals surface area (Å²) in [6.07, 6.45) is 4.97. The van der Waals surface area contributed by atoms with E-state index in [4.69, 9.17) is 4.74 Å². The van der Waals surface area contributed by atoms with Crippen molar-refractivity contribution in [3.63, 3.8) is 0 Å². The zero-order valence-corrected chi connectivity index (χ0v) is 14.9. The number of benzene rings is 2. The molecular weight excluding hydrogens is 315 g/mol. The Kier molecular flexibility index (Phi) is 5.74. The molecule has 0 aromatic heterocycles. The number of rotatable bonds is 6. The lowest BCUT2D eigenvalue weighted by atomic mass is 9.63. The molecule has 0 saturated heterocycles. The van der Waals surface area contributed by atoms with Crippen LogP contribution >= 0.6 is 0 Å². The molecule has 1 fully saturated rings. The van der Waals surface area contributed by atoms with E-state index in [0.717, 1.165) is 43.4 Å². The number of hydrogen-bond acceptors (Lipinski definition) is 2. The Bertz CT molecular complexity index is 683. The van der Waals surface area contributed by atoms with Gasteiger partial charge in [-0.15, -0.1) is 0 Å². The Morgan fingerprint density at radius 1 is 1.12 bits per heavy atom. The van der Waals surface area contributed by atoms with Gasteiger partial charge < -0.3 is 9.84 Å². The molecule has 134 valence electrons. The van der Waals surface area contributed by atoms with E-state index in [1.54, 1.807) is 6.07 Å². The highest BCUT2D eigenvalue weighted by atomic mass is 19.1. The fraction of sp³-hybridized carbons (Fsp3) is 0.455. The molecule has 1 N–H and O–H groups in total. The topological polar surface area (TPSA) is 29.5 Å². The van der Waals surface area contributed by atoms with Gasteiger partial charge in [0.1, 0.15) is 11.6 Å². The molecule has 2 atom stereocenters. The zero-order chi connectivity index (χ0) is 17.7. The molecule has 0 heterocycles. The Morgan fingerprint density at radius 3 is 2.56 bits per heavy atom. The fourth-order valence-corrected chi connectivity index (χ4v) is 3.97. The predicted molar refractivity (Wildman–Crippen MR) is 98.5 cm³/mol. The average molecular weight is 342 g/mol. The summed E-state index contributed by atoms with van der Waals surface area (Å²) in [5, 5.41) is 10.9. The minimum absolute atomic E-state index is 0.244. The summed E-state index contributed by atoms with van der Waals surface area (Å²) in [6.45, 7) is 2.84.